The van der Waals surface area contributed by atoms with Crippen molar-refractivity contribution >= 4 is 5.91 Å². The monoisotopic (exact) mass is 232 g/mol. The second-order valence-electron chi connectivity index (χ2n) is 3.76. The Kier molecular flexibility index (Phi) is 3.21. The third-order valence-electron chi connectivity index (χ3n) is 2.70. The van der Waals surface area contributed by atoms with E-state index in [9.17, 15) is 9.59 Å². The summed E-state index contributed by atoms with van der Waals surface area (Å²) in [5.41, 5.74) is -0.345. The van der Waals surface area contributed by atoms with E-state index in [1.165, 1.54) is 17.2 Å². The number of aromatic nitrogens is 1. The number of rotatable bonds is 1. The van der Waals surface area contributed by atoms with E-state index in [1.54, 1.807) is 6.07 Å². The van der Waals surface area contributed by atoms with Crippen molar-refractivity contribution in [3.05, 3.63) is 34.2 Å². The predicted molar refractivity (Wildman–Crippen MR) is 60.4 cm³/mol. The highest BCUT2D eigenvalue weighted by molar-refractivity contribution is 5.94. The van der Waals surface area contributed by atoms with E-state index in [0.29, 0.717) is 19.6 Å². The van der Waals surface area contributed by atoms with Gasteiger partial charge in [-0.05, 0) is 12.1 Å². The lowest BCUT2D eigenvalue weighted by Crippen LogP contribution is -2.53. The number of carbonyl (C=O) groups is 1. The first-order valence-electron chi connectivity index (χ1n) is 5.33. The van der Waals surface area contributed by atoms with E-state index < -0.39 is 11.6 Å². The van der Waals surface area contributed by atoms with Crippen LogP contribution in [0.2, 0.25) is 0 Å². The van der Waals surface area contributed by atoms with E-state index in [4.69, 9.17) is 5.26 Å². The van der Waals surface area contributed by atoms with Crippen LogP contribution in [0, 0.1) is 11.3 Å². The van der Waals surface area contributed by atoms with Gasteiger partial charge in [0.05, 0.1) is 6.07 Å². The van der Waals surface area contributed by atoms with Gasteiger partial charge in [-0.15, -0.1) is 0 Å². The molecule has 0 spiro atoms. The van der Waals surface area contributed by atoms with Gasteiger partial charge in [-0.1, -0.05) is 0 Å². The average molecular weight is 232 g/mol. The molecule has 1 aromatic heterocycles. The number of nitriles is 1. The van der Waals surface area contributed by atoms with Crippen LogP contribution in [0.25, 0.3) is 0 Å². The highest BCUT2D eigenvalue weighted by Gasteiger charge is 2.28. The van der Waals surface area contributed by atoms with Gasteiger partial charge in [-0.25, -0.2) is 0 Å². The summed E-state index contributed by atoms with van der Waals surface area (Å²) in [6, 6.07) is 4.60. The van der Waals surface area contributed by atoms with Crippen LogP contribution in [0.4, 0.5) is 0 Å². The molecule has 0 bridgehead atoms. The van der Waals surface area contributed by atoms with Gasteiger partial charge in [0.15, 0.2) is 0 Å². The van der Waals surface area contributed by atoms with Gasteiger partial charge in [0.1, 0.15) is 11.6 Å². The number of piperazine rings is 1. The Labute approximate surface area is 97.9 Å². The van der Waals surface area contributed by atoms with Gasteiger partial charge < -0.3 is 15.2 Å². The third kappa shape index (κ3) is 2.19. The molecule has 1 saturated heterocycles. The number of amides is 1. The van der Waals surface area contributed by atoms with Gasteiger partial charge in [0, 0.05) is 25.8 Å². The first-order valence-corrected chi connectivity index (χ1v) is 5.33. The number of aromatic amines is 1. The van der Waals surface area contributed by atoms with Crippen molar-refractivity contribution in [3.63, 3.8) is 0 Å². The van der Waals surface area contributed by atoms with Crippen LogP contribution in [0.1, 0.15) is 10.4 Å². The van der Waals surface area contributed by atoms with Crippen molar-refractivity contribution in [2.45, 2.75) is 6.04 Å². The molecule has 1 fully saturated rings. The lowest BCUT2D eigenvalue weighted by molar-refractivity contribution is 0.0685. The number of nitrogens with zero attached hydrogens (tertiary/aromatic N) is 2. The second kappa shape index (κ2) is 4.80. The van der Waals surface area contributed by atoms with Gasteiger partial charge in [-0.2, -0.15) is 5.26 Å². The SMILES string of the molecule is N#CC1CNCCN1C(=O)c1ccc[nH]c1=O. The molecule has 6 heteroatoms. The fourth-order valence-corrected chi connectivity index (χ4v) is 1.81. The topological polar surface area (TPSA) is 89.0 Å². The predicted octanol–water partition coefficient (Wildman–Crippen LogP) is -0.688. The van der Waals surface area contributed by atoms with E-state index in [1.807, 2.05) is 0 Å². The van der Waals surface area contributed by atoms with Gasteiger partial charge >= 0.3 is 0 Å². The average Bonchev–Trinajstić information content (AvgIpc) is 2.38. The molecule has 6 nitrogen and oxygen atoms in total. The van der Waals surface area contributed by atoms with E-state index >= 15 is 0 Å². The normalized spacial score (nSPS) is 19.7. The Morgan fingerprint density at radius 2 is 2.41 bits per heavy atom. The molecule has 0 aliphatic carbocycles. The maximum Gasteiger partial charge on any atom is 0.260 e. The summed E-state index contributed by atoms with van der Waals surface area (Å²) < 4.78 is 0. The smallest absolute Gasteiger partial charge is 0.260 e. The van der Waals surface area contributed by atoms with Crippen molar-refractivity contribution < 1.29 is 4.79 Å². The van der Waals surface area contributed by atoms with Crippen molar-refractivity contribution in [2.24, 2.45) is 0 Å². The molecule has 1 aliphatic rings. The molecular weight excluding hydrogens is 220 g/mol. The molecule has 1 atom stereocenters. The van der Waals surface area contributed by atoms with E-state index in [-0.39, 0.29) is 11.5 Å². The molecule has 0 saturated carbocycles. The summed E-state index contributed by atoms with van der Waals surface area (Å²) in [5.74, 6) is -0.389. The first-order chi connectivity index (χ1) is 8.24. The Morgan fingerprint density at radius 3 is 3.12 bits per heavy atom. The number of carbonyl (C=O) groups excluding carboxylic acids is 1. The molecule has 1 amide bonds. The summed E-state index contributed by atoms with van der Waals surface area (Å²) >= 11 is 0. The third-order valence-corrected chi connectivity index (χ3v) is 2.70. The first kappa shape index (κ1) is 11.4. The van der Waals surface area contributed by atoms with Gasteiger partial charge in [0.25, 0.3) is 11.5 Å². The lowest BCUT2D eigenvalue weighted by Gasteiger charge is -2.31. The second-order valence-corrected chi connectivity index (χ2v) is 3.76. The summed E-state index contributed by atoms with van der Waals surface area (Å²) in [7, 11) is 0. The van der Waals surface area contributed by atoms with Crippen LogP contribution in [0.3, 0.4) is 0 Å². The van der Waals surface area contributed by atoms with Gasteiger partial charge in [-0.3, -0.25) is 9.59 Å². The summed E-state index contributed by atoms with van der Waals surface area (Å²) in [6.45, 7) is 1.51. The summed E-state index contributed by atoms with van der Waals surface area (Å²) in [6.07, 6.45) is 1.47. The molecule has 1 aromatic rings. The molecule has 1 aliphatic heterocycles. The van der Waals surface area contributed by atoms with E-state index in [0.717, 1.165) is 0 Å². The molecule has 17 heavy (non-hydrogen) atoms. The minimum absolute atomic E-state index is 0.0784. The standard InChI is InChI=1S/C11H12N4O2/c12-6-8-7-13-4-5-15(8)11(17)9-2-1-3-14-10(9)16/h1-3,8,13H,4-5,7H2,(H,14,16). The van der Waals surface area contributed by atoms with Crippen molar-refractivity contribution in [1.29, 1.82) is 5.26 Å². The zero-order valence-electron chi connectivity index (χ0n) is 9.14. The Balaban J connectivity index is 2.28. The Hall–Kier alpha value is -2.13. The molecule has 2 heterocycles. The molecule has 1 unspecified atom stereocenters. The molecule has 0 radical (unpaired) electrons. The van der Waals surface area contributed by atoms with Crippen LogP contribution < -0.4 is 10.9 Å². The number of hydrogen-bond acceptors (Lipinski definition) is 4. The fraction of sp³-hybridized carbons (Fsp3) is 0.364. The van der Waals surface area contributed by atoms with Crippen LogP contribution >= 0.6 is 0 Å². The molecule has 2 N–H and O–H groups in total. The molecular formula is C11H12N4O2. The summed E-state index contributed by atoms with van der Waals surface area (Å²) in [5, 5.41) is 12.0. The number of pyridine rings is 1. The Morgan fingerprint density at radius 1 is 1.59 bits per heavy atom. The lowest BCUT2D eigenvalue weighted by atomic mass is 10.1. The van der Waals surface area contributed by atoms with Crippen LogP contribution in [-0.2, 0) is 0 Å². The van der Waals surface area contributed by atoms with Crippen LogP contribution in [0.15, 0.2) is 23.1 Å². The molecule has 2 rings (SSSR count). The van der Waals surface area contributed by atoms with Crippen molar-refractivity contribution in [1.82, 2.24) is 15.2 Å². The molecule has 88 valence electrons. The zero-order chi connectivity index (χ0) is 12.3. The maximum absolute atomic E-state index is 12.1. The zero-order valence-corrected chi connectivity index (χ0v) is 9.14. The number of H-pyrrole nitrogens is 1. The van der Waals surface area contributed by atoms with Crippen molar-refractivity contribution in [2.75, 3.05) is 19.6 Å². The summed E-state index contributed by atoms with van der Waals surface area (Å²) in [4.78, 5) is 27.5. The number of hydrogen-bond donors (Lipinski definition) is 2. The fourth-order valence-electron chi connectivity index (χ4n) is 1.81. The van der Waals surface area contributed by atoms with E-state index in [2.05, 4.69) is 16.4 Å². The molecule has 0 aromatic carbocycles. The highest BCUT2D eigenvalue weighted by Crippen LogP contribution is 2.07. The minimum atomic E-state index is -0.518. The largest absolute Gasteiger partial charge is 0.328 e. The van der Waals surface area contributed by atoms with Crippen molar-refractivity contribution in [3.8, 4) is 6.07 Å². The van der Waals surface area contributed by atoms with Gasteiger partial charge in [0.2, 0.25) is 0 Å². The highest BCUT2D eigenvalue weighted by atomic mass is 16.2. The Bertz CT molecular complexity index is 517. The minimum Gasteiger partial charge on any atom is -0.328 e. The number of nitrogens with one attached hydrogen (secondary N) is 2. The quantitative estimate of drug-likeness (QED) is 0.671. The van der Waals surface area contributed by atoms with Crippen LogP contribution in [0.5, 0.6) is 0 Å². The maximum atomic E-state index is 12.1. The van der Waals surface area contributed by atoms with Crippen LogP contribution in [-0.4, -0.2) is 41.5 Å².